The van der Waals surface area contributed by atoms with Gasteiger partial charge in [0.15, 0.2) is 17.4 Å². The van der Waals surface area contributed by atoms with Crippen LogP contribution in [0.3, 0.4) is 0 Å². The van der Waals surface area contributed by atoms with E-state index in [0.29, 0.717) is 21.5 Å². The molecule has 0 atom stereocenters. The van der Waals surface area contributed by atoms with Crippen molar-refractivity contribution in [2.45, 2.75) is 12.6 Å². The zero-order valence-electron chi connectivity index (χ0n) is 13.9. The van der Waals surface area contributed by atoms with Crippen LogP contribution in [0, 0.1) is 5.82 Å². The van der Waals surface area contributed by atoms with E-state index in [1.165, 1.54) is 28.8 Å². The van der Waals surface area contributed by atoms with E-state index in [4.69, 9.17) is 0 Å². The number of alkyl halides is 3. The minimum atomic E-state index is -4.44. The summed E-state index contributed by atoms with van der Waals surface area (Å²) in [5, 5.41) is 24.7. The number of aromatic nitrogens is 4. The molecule has 28 heavy (non-hydrogen) atoms. The van der Waals surface area contributed by atoms with Crippen LogP contribution in [-0.2, 0) is 12.6 Å². The Labute approximate surface area is 159 Å². The second kappa shape index (κ2) is 6.75. The molecule has 0 aliphatic carbocycles. The second-order valence-electron chi connectivity index (χ2n) is 5.88. The van der Waals surface area contributed by atoms with Gasteiger partial charge in [-0.2, -0.15) is 17.7 Å². The first kappa shape index (κ1) is 18.2. The van der Waals surface area contributed by atoms with Crippen molar-refractivity contribution in [3.05, 3.63) is 65.2 Å². The van der Waals surface area contributed by atoms with Crippen molar-refractivity contribution in [1.82, 2.24) is 19.8 Å². The Balaban J connectivity index is 1.58. The molecule has 0 saturated heterocycles. The maximum atomic E-state index is 13.5. The lowest BCUT2D eigenvalue weighted by atomic mass is 10.1. The lowest BCUT2D eigenvalue weighted by Gasteiger charge is -2.08. The third-order valence-corrected chi connectivity index (χ3v) is 4.69. The van der Waals surface area contributed by atoms with Gasteiger partial charge in [0.1, 0.15) is 0 Å². The monoisotopic (exact) mass is 409 g/mol. The maximum absolute atomic E-state index is 13.5. The average Bonchev–Trinajstić information content (AvgIpc) is 3.19. The highest BCUT2D eigenvalue weighted by molar-refractivity contribution is 7.20. The molecular formula is C17H11F4N5OS. The number of fused-ring (bicyclic) bond motifs is 1. The first-order valence-corrected chi connectivity index (χ1v) is 8.74. The summed E-state index contributed by atoms with van der Waals surface area (Å²) in [6.07, 6.45) is -4.23. The molecule has 2 N–H and O–H groups in total. The summed E-state index contributed by atoms with van der Waals surface area (Å²) in [7, 11) is 0. The quantitative estimate of drug-likeness (QED) is 0.489. The Hall–Kier alpha value is -3.21. The number of phenols is 1. The van der Waals surface area contributed by atoms with Gasteiger partial charge in [0.2, 0.25) is 10.1 Å². The minimum absolute atomic E-state index is 0.213. The third kappa shape index (κ3) is 3.60. The molecule has 2 aromatic heterocycles. The fourth-order valence-electron chi connectivity index (χ4n) is 2.56. The van der Waals surface area contributed by atoms with Gasteiger partial charge in [0, 0.05) is 12.1 Å². The Morgan fingerprint density at radius 2 is 1.93 bits per heavy atom. The van der Waals surface area contributed by atoms with E-state index >= 15 is 0 Å². The number of rotatable bonds is 4. The molecule has 0 spiro atoms. The van der Waals surface area contributed by atoms with Crippen molar-refractivity contribution in [1.29, 1.82) is 0 Å². The molecule has 0 amide bonds. The minimum Gasteiger partial charge on any atom is -0.505 e. The molecule has 2 aromatic carbocycles. The fraction of sp³-hybridized carbons (Fsp3) is 0.118. The van der Waals surface area contributed by atoms with E-state index in [1.807, 2.05) is 0 Å². The van der Waals surface area contributed by atoms with Gasteiger partial charge >= 0.3 is 6.18 Å². The SMILES string of the molecule is Oc1ccc(Cc2nnc3sc(Nc4cccc(C(F)(F)F)c4)nn23)cc1F. The van der Waals surface area contributed by atoms with E-state index in [-0.39, 0.29) is 12.1 Å². The number of benzene rings is 2. The molecule has 2 heterocycles. The van der Waals surface area contributed by atoms with Crippen molar-refractivity contribution < 1.29 is 22.7 Å². The van der Waals surface area contributed by atoms with Gasteiger partial charge in [-0.3, -0.25) is 0 Å². The van der Waals surface area contributed by atoms with E-state index < -0.39 is 23.3 Å². The molecule has 4 aromatic rings. The van der Waals surface area contributed by atoms with Crippen LogP contribution in [0.2, 0.25) is 0 Å². The standard InChI is InChI=1S/C17H11F4N5OS/c18-12-6-9(4-5-13(12)27)7-14-23-24-16-26(14)25-15(28-16)22-11-3-1-2-10(8-11)17(19,20)21/h1-6,8,27H,7H2,(H,22,25). The molecule has 144 valence electrons. The summed E-state index contributed by atoms with van der Waals surface area (Å²) >= 11 is 1.11. The van der Waals surface area contributed by atoms with Crippen LogP contribution in [0.5, 0.6) is 5.75 Å². The molecular weight excluding hydrogens is 398 g/mol. The summed E-state index contributed by atoms with van der Waals surface area (Å²) in [4.78, 5) is 0.434. The molecule has 0 radical (unpaired) electrons. The normalized spacial score (nSPS) is 11.9. The van der Waals surface area contributed by atoms with Gasteiger partial charge in [-0.05, 0) is 35.9 Å². The average molecular weight is 409 g/mol. The Bertz CT molecular complexity index is 1150. The Morgan fingerprint density at radius 3 is 2.68 bits per heavy atom. The highest BCUT2D eigenvalue weighted by atomic mass is 32.1. The molecule has 0 aliphatic heterocycles. The summed E-state index contributed by atoms with van der Waals surface area (Å²) in [6.45, 7) is 0. The molecule has 0 bridgehead atoms. The number of nitrogens with one attached hydrogen (secondary N) is 1. The van der Waals surface area contributed by atoms with Crippen molar-refractivity contribution in [2.24, 2.45) is 0 Å². The third-order valence-electron chi connectivity index (χ3n) is 3.87. The van der Waals surface area contributed by atoms with Crippen molar-refractivity contribution >= 4 is 27.1 Å². The van der Waals surface area contributed by atoms with E-state index in [2.05, 4.69) is 20.6 Å². The van der Waals surface area contributed by atoms with Crippen LogP contribution in [0.25, 0.3) is 4.96 Å². The first-order valence-electron chi connectivity index (χ1n) is 7.92. The van der Waals surface area contributed by atoms with Gasteiger partial charge in [-0.15, -0.1) is 15.3 Å². The van der Waals surface area contributed by atoms with Crippen molar-refractivity contribution in [3.8, 4) is 5.75 Å². The van der Waals surface area contributed by atoms with Crippen LogP contribution in [0.15, 0.2) is 42.5 Å². The second-order valence-corrected chi connectivity index (χ2v) is 6.84. The molecule has 0 unspecified atom stereocenters. The first-order chi connectivity index (χ1) is 13.3. The lowest BCUT2D eigenvalue weighted by molar-refractivity contribution is -0.137. The van der Waals surface area contributed by atoms with E-state index in [1.54, 1.807) is 6.07 Å². The number of hydrogen-bond donors (Lipinski definition) is 2. The predicted octanol–water partition coefficient (Wildman–Crippen LogP) is 4.38. The van der Waals surface area contributed by atoms with E-state index in [9.17, 15) is 22.7 Å². The highest BCUT2D eigenvalue weighted by Gasteiger charge is 2.30. The number of halogens is 4. The number of nitrogens with zero attached hydrogens (tertiary/aromatic N) is 4. The zero-order valence-corrected chi connectivity index (χ0v) is 14.7. The topological polar surface area (TPSA) is 75.3 Å². The number of aromatic hydroxyl groups is 1. The Kier molecular flexibility index (Phi) is 4.38. The van der Waals surface area contributed by atoms with Crippen LogP contribution in [0.1, 0.15) is 17.0 Å². The van der Waals surface area contributed by atoms with Crippen molar-refractivity contribution in [3.63, 3.8) is 0 Å². The summed E-state index contributed by atoms with van der Waals surface area (Å²) in [6, 6.07) is 8.75. The van der Waals surface area contributed by atoms with Crippen LogP contribution in [-0.4, -0.2) is 24.9 Å². The van der Waals surface area contributed by atoms with Gasteiger partial charge in [-0.25, -0.2) is 4.39 Å². The lowest BCUT2D eigenvalue weighted by Crippen LogP contribution is -2.05. The summed E-state index contributed by atoms with van der Waals surface area (Å²) in [5.41, 5.74) is 0.0301. The smallest absolute Gasteiger partial charge is 0.416 e. The summed E-state index contributed by atoms with van der Waals surface area (Å²) in [5.74, 6) is -0.770. The fourth-order valence-corrected chi connectivity index (χ4v) is 3.34. The predicted molar refractivity (Wildman–Crippen MR) is 94.3 cm³/mol. The number of phenolic OH excluding ortho intramolecular Hbond substituents is 1. The van der Waals surface area contributed by atoms with Crippen LogP contribution >= 0.6 is 11.3 Å². The maximum Gasteiger partial charge on any atom is 0.416 e. The number of hydrogen-bond acceptors (Lipinski definition) is 6. The van der Waals surface area contributed by atoms with Gasteiger partial charge in [0.25, 0.3) is 0 Å². The van der Waals surface area contributed by atoms with E-state index in [0.717, 1.165) is 23.5 Å². The molecule has 0 saturated carbocycles. The highest BCUT2D eigenvalue weighted by Crippen LogP contribution is 2.32. The number of anilines is 2. The van der Waals surface area contributed by atoms with Crippen LogP contribution in [0.4, 0.5) is 28.4 Å². The zero-order chi connectivity index (χ0) is 19.9. The van der Waals surface area contributed by atoms with Gasteiger partial charge < -0.3 is 10.4 Å². The molecule has 0 fully saturated rings. The largest absolute Gasteiger partial charge is 0.505 e. The molecule has 6 nitrogen and oxygen atoms in total. The van der Waals surface area contributed by atoms with Gasteiger partial charge in [-0.1, -0.05) is 23.5 Å². The van der Waals surface area contributed by atoms with Crippen LogP contribution < -0.4 is 5.32 Å². The molecule has 4 rings (SSSR count). The van der Waals surface area contributed by atoms with Crippen molar-refractivity contribution in [2.75, 3.05) is 5.32 Å². The Morgan fingerprint density at radius 1 is 1.11 bits per heavy atom. The molecule has 0 aliphatic rings. The summed E-state index contributed by atoms with van der Waals surface area (Å²) < 4.78 is 53.4. The van der Waals surface area contributed by atoms with Gasteiger partial charge in [0.05, 0.1) is 5.56 Å². The molecule has 11 heteroatoms.